The molecule has 1 rings (SSSR count). The Balaban J connectivity index is 2.96. The van der Waals surface area contributed by atoms with Crippen LogP contribution in [0, 0.1) is 11.3 Å². The lowest BCUT2D eigenvalue weighted by atomic mass is 9.92. The first kappa shape index (κ1) is 17.4. The van der Waals surface area contributed by atoms with Crippen molar-refractivity contribution < 1.29 is 17.7 Å². The summed E-state index contributed by atoms with van der Waals surface area (Å²) in [6.07, 6.45) is -0.142. The second kappa shape index (κ2) is 5.60. The van der Waals surface area contributed by atoms with Crippen LogP contribution in [0.1, 0.15) is 46.1 Å². The highest BCUT2D eigenvalue weighted by molar-refractivity contribution is 7.93. The molecule has 0 spiro atoms. The van der Waals surface area contributed by atoms with Crippen molar-refractivity contribution in [3.8, 4) is 6.07 Å². The van der Waals surface area contributed by atoms with Gasteiger partial charge in [0.2, 0.25) is 0 Å². The van der Waals surface area contributed by atoms with Gasteiger partial charge in [-0.25, -0.2) is 8.42 Å². The molecule has 0 unspecified atom stereocenters. The van der Waals surface area contributed by atoms with Crippen molar-refractivity contribution in [2.75, 3.05) is 5.75 Å². The van der Waals surface area contributed by atoms with Crippen LogP contribution in [0.15, 0.2) is 10.6 Å². The normalized spacial score (nSPS) is 13.0. The molecule has 0 aliphatic carbocycles. The maximum atomic E-state index is 12.2. The highest BCUT2D eigenvalue weighted by Crippen LogP contribution is 2.25. The molecule has 0 saturated carbocycles. The molecule has 0 atom stereocenters. The fourth-order valence-corrected chi connectivity index (χ4v) is 2.51. The number of nitriles is 1. The average Bonchev–Trinajstić information content (AvgIpc) is 2.76. The Morgan fingerprint density at radius 2 is 1.90 bits per heavy atom. The predicted molar refractivity (Wildman–Crippen MR) is 77.4 cm³/mol. The largest absolute Gasteiger partial charge is 0.361 e. The van der Waals surface area contributed by atoms with E-state index in [-0.39, 0.29) is 11.8 Å². The van der Waals surface area contributed by atoms with Gasteiger partial charge >= 0.3 is 0 Å². The number of Topliss-reactive ketones (excluding diaryl/α,β-unsaturated/α-hetero) is 1. The van der Waals surface area contributed by atoms with Crippen molar-refractivity contribution in [1.29, 1.82) is 5.26 Å². The summed E-state index contributed by atoms with van der Waals surface area (Å²) in [5, 5.41) is 12.4. The maximum Gasteiger partial charge on any atom is 0.175 e. The number of nitrogens with zero attached hydrogens (tertiary/aromatic N) is 2. The summed E-state index contributed by atoms with van der Waals surface area (Å²) in [5.74, 6) is -0.563. The summed E-state index contributed by atoms with van der Waals surface area (Å²) in [6.45, 7) is 8.46. The number of hydrogen-bond acceptors (Lipinski definition) is 6. The predicted octanol–water partition coefficient (Wildman–Crippen LogP) is 1.80. The minimum atomic E-state index is -3.82. The molecule has 1 aromatic heterocycles. The Morgan fingerprint density at radius 1 is 1.33 bits per heavy atom. The zero-order valence-corrected chi connectivity index (χ0v) is 13.7. The van der Waals surface area contributed by atoms with Gasteiger partial charge in [-0.05, 0) is 13.8 Å². The van der Waals surface area contributed by atoms with E-state index in [1.807, 2.05) is 20.8 Å². The number of carbonyl (C=O) groups excluding carboxylic acids is 1. The molecule has 1 aromatic rings. The van der Waals surface area contributed by atoms with E-state index in [1.165, 1.54) is 13.8 Å². The minimum absolute atomic E-state index is 0.142. The zero-order chi connectivity index (χ0) is 16.5. The second-order valence-corrected chi connectivity index (χ2v) is 9.00. The van der Waals surface area contributed by atoms with Crippen molar-refractivity contribution in [3.05, 3.63) is 17.5 Å². The maximum absolute atomic E-state index is 12.2. The molecule has 0 aromatic carbocycles. The van der Waals surface area contributed by atoms with Gasteiger partial charge in [-0.3, -0.25) is 4.79 Å². The number of carbonyl (C=O) groups is 1. The number of aromatic nitrogens is 1. The van der Waals surface area contributed by atoms with E-state index in [2.05, 4.69) is 5.16 Å². The standard InChI is InChI=1S/C14H20N2O4S/c1-13(2,3)12-9-10(16-20-12)8-11(17)14(4,5)21(18,19)7-6-15/h9H,7-8H2,1-5H3. The third kappa shape index (κ3) is 3.70. The van der Waals surface area contributed by atoms with Crippen molar-refractivity contribution in [1.82, 2.24) is 5.16 Å². The quantitative estimate of drug-likeness (QED) is 0.821. The summed E-state index contributed by atoms with van der Waals surface area (Å²) >= 11 is 0. The molecule has 0 N–H and O–H groups in total. The van der Waals surface area contributed by atoms with Gasteiger partial charge in [0.15, 0.2) is 15.6 Å². The van der Waals surface area contributed by atoms with Crippen LogP contribution in [0.2, 0.25) is 0 Å². The average molecular weight is 312 g/mol. The van der Waals surface area contributed by atoms with E-state index >= 15 is 0 Å². The van der Waals surface area contributed by atoms with Crippen LogP contribution in [-0.2, 0) is 26.5 Å². The topological polar surface area (TPSA) is 101 Å². The molecule has 116 valence electrons. The summed E-state index contributed by atoms with van der Waals surface area (Å²) in [7, 11) is -3.82. The third-order valence-corrected chi connectivity index (χ3v) is 5.64. The molecule has 7 heteroatoms. The van der Waals surface area contributed by atoms with Crippen LogP contribution < -0.4 is 0 Å². The molecular formula is C14H20N2O4S. The van der Waals surface area contributed by atoms with E-state index in [0.717, 1.165) is 0 Å². The molecule has 1 heterocycles. The van der Waals surface area contributed by atoms with Gasteiger partial charge in [0, 0.05) is 11.5 Å². The molecule has 21 heavy (non-hydrogen) atoms. The molecule has 0 fully saturated rings. The second-order valence-electron chi connectivity index (χ2n) is 6.46. The zero-order valence-electron chi connectivity index (χ0n) is 12.9. The van der Waals surface area contributed by atoms with Crippen LogP contribution in [0.25, 0.3) is 0 Å². The van der Waals surface area contributed by atoms with Crippen LogP contribution in [0.3, 0.4) is 0 Å². The van der Waals surface area contributed by atoms with Crippen molar-refractivity contribution in [2.24, 2.45) is 0 Å². The van der Waals surface area contributed by atoms with Crippen molar-refractivity contribution >= 4 is 15.6 Å². The molecule has 0 amide bonds. The van der Waals surface area contributed by atoms with Gasteiger partial charge in [0.1, 0.15) is 16.3 Å². The molecule has 6 nitrogen and oxygen atoms in total. The van der Waals surface area contributed by atoms with Crippen LogP contribution in [-0.4, -0.2) is 29.9 Å². The molecule has 0 aliphatic heterocycles. The lowest BCUT2D eigenvalue weighted by molar-refractivity contribution is -0.120. The molecule has 0 saturated heterocycles. The van der Waals surface area contributed by atoms with Gasteiger partial charge in [0.05, 0.1) is 18.2 Å². The Kier molecular flexibility index (Phi) is 4.63. The van der Waals surface area contributed by atoms with Crippen molar-refractivity contribution in [3.63, 3.8) is 0 Å². The van der Waals surface area contributed by atoms with E-state index in [1.54, 1.807) is 12.1 Å². The van der Waals surface area contributed by atoms with Crippen LogP contribution in [0.4, 0.5) is 0 Å². The highest BCUT2D eigenvalue weighted by Gasteiger charge is 2.41. The van der Waals surface area contributed by atoms with Gasteiger partial charge in [-0.2, -0.15) is 5.26 Å². The van der Waals surface area contributed by atoms with Crippen molar-refractivity contribution in [2.45, 2.75) is 51.2 Å². The summed E-state index contributed by atoms with van der Waals surface area (Å²) in [4.78, 5) is 12.2. The Labute approximate surface area is 125 Å². The van der Waals surface area contributed by atoms with E-state index in [4.69, 9.17) is 9.78 Å². The first-order valence-corrected chi connectivity index (χ1v) is 8.15. The first-order chi connectivity index (χ1) is 9.41. The lowest BCUT2D eigenvalue weighted by Crippen LogP contribution is -2.42. The minimum Gasteiger partial charge on any atom is -0.361 e. The lowest BCUT2D eigenvalue weighted by Gasteiger charge is -2.21. The Hall–Kier alpha value is -1.68. The Bertz CT molecular complexity index is 673. The monoisotopic (exact) mass is 312 g/mol. The smallest absolute Gasteiger partial charge is 0.175 e. The van der Waals surface area contributed by atoms with Crippen LogP contribution >= 0.6 is 0 Å². The summed E-state index contributed by atoms with van der Waals surface area (Å²) in [5.41, 5.74) is 0.154. The number of hydrogen-bond donors (Lipinski definition) is 0. The van der Waals surface area contributed by atoms with Gasteiger partial charge in [0.25, 0.3) is 0 Å². The van der Waals surface area contributed by atoms with Gasteiger partial charge in [-0.1, -0.05) is 25.9 Å². The number of sulfone groups is 1. The molecule has 0 radical (unpaired) electrons. The fourth-order valence-electron chi connectivity index (χ4n) is 1.56. The molecule has 0 aliphatic rings. The Morgan fingerprint density at radius 3 is 2.33 bits per heavy atom. The number of ketones is 1. The highest BCUT2D eigenvalue weighted by atomic mass is 32.2. The van der Waals surface area contributed by atoms with Gasteiger partial charge in [-0.15, -0.1) is 0 Å². The fraction of sp³-hybridized carbons (Fsp3) is 0.643. The van der Waals surface area contributed by atoms with E-state index in [0.29, 0.717) is 11.5 Å². The number of rotatable bonds is 5. The van der Waals surface area contributed by atoms with E-state index < -0.39 is 26.1 Å². The first-order valence-electron chi connectivity index (χ1n) is 6.50. The summed E-state index contributed by atoms with van der Waals surface area (Å²) in [6, 6.07) is 3.24. The molecular weight excluding hydrogens is 292 g/mol. The van der Waals surface area contributed by atoms with E-state index in [9.17, 15) is 13.2 Å². The molecule has 0 bridgehead atoms. The SMILES string of the molecule is CC(C)(C)c1cc(CC(=O)C(C)(C)S(=O)(=O)CC#N)no1. The summed E-state index contributed by atoms with van der Waals surface area (Å²) < 4.78 is 27.5. The van der Waals surface area contributed by atoms with Crippen LogP contribution in [0.5, 0.6) is 0 Å². The third-order valence-electron chi connectivity index (χ3n) is 3.34. The van der Waals surface area contributed by atoms with Gasteiger partial charge < -0.3 is 4.52 Å².